The van der Waals surface area contributed by atoms with Gasteiger partial charge in [-0.3, -0.25) is 4.79 Å². The summed E-state index contributed by atoms with van der Waals surface area (Å²) in [5.74, 6) is 0.0850. The molecule has 1 aliphatic rings. The highest BCUT2D eigenvalue weighted by molar-refractivity contribution is 5.76. The number of ether oxygens (including phenoxy) is 2. The first-order valence-corrected chi connectivity index (χ1v) is 5.35. The van der Waals surface area contributed by atoms with Crippen LogP contribution in [0.15, 0.2) is 0 Å². The highest BCUT2D eigenvalue weighted by Crippen LogP contribution is 2.16. The lowest BCUT2D eigenvalue weighted by atomic mass is 10.2. The summed E-state index contributed by atoms with van der Waals surface area (Å²) >= 11 is 0. The van der Waals surface area contributed by atoms with E-state index in [0.717, 1.165) is 0 Å². The van der Waals surface area contributed by atoms with E-state index >= 15 is 0 Å². The molecule has 0 saturated carbocycles. The second-order valence-electron chi connectivity index (χ2n) is 3.61. The lowest BCUT2D eigenvalue weighted by Crippen LogP contribution is -2.31. The molecule has 0 aromatic rings. The van der Waals surface area contributed by atoms with Gasteiger partial charge in [-0.2, -0.15) is 0 Å². The number of nitrogens with two attached hydrogens (primary N) is 1. The van der Waals surface area contributed by atoms with Crippen molar-refractivity contribution in [3.8, 4) is 0 Å². The zero-order valence-electron chi connectivity index (χ0n) is 9.44. The Labute approximate surface area is 90.5 Å². The molecular weight excluding hydrogens is 196 g/mol. The summed E-state index contributed by atoms with van der Waals surface area (Å²) in [4.78, 5) is 13.4. The Bertz CT molecular complexity index is 211. The molecule has 2 atom stereocenters. The van der Waals surface area contributed by atoms with Gasteiger partial charge in [-0.25, -0.2) is 0 Å². The van der Waals surface area contributed by atoms with E-state index < -0.39 is 0 Å². The molecule has 0 unspecified atom stereocenters. The van der Waals surface area contributed by atoms with E-state index in [1.165, 1.54) is 0 Å². The summed E-state index contributed by atoms with van der Waals surface area (Å²) in [6, 6.07) is 0. The molecule has 0 aromatic carbocycles. The number of hydrogen-bond acceptors (Lipinski definition) is 4. The van der Waals surface area contributed by atoms with Crippen LogP contribution in [0.3, 0.4) is 0 Å². The SMILES string of the molecule is CCO[C@H]1CN(C(=O)CCN)C[C@@H]1OC. The van der Waals surface area contributed by atoms with Gasteiger partial charge < -0.3 is 20.1 Å². The maximum Gasteiger partial charge on any atom is 0.224 e. The summed E-state index contributed by atoms with van der Waals surface area (Å²) in [5, 5.41) is 0. The van der Waals surface area contributed by atoms with Gasteiger partial charge in [-0.15, -0.1) is 0 Å². The Morgan fingerprint density at radius 3 is 2.67 bits per heavy atom. The molecule has 1 rings (SSSR count). The van der Waals surface area contributed by atoms with E-state index in [-0.39, 0.29) is 18.1 Å². The summed E-state index contributed by atoms with van der Waals surface area (Å²) in [5.41, 5.74) is 5.35. The molecule has 5 nitrogen and oxygen atoms in total. The number of amides is 1. The molecular formula is C10H20N2O3. The van der Waals surface area contributed by atoms with Crippen molar-refractivity contribution in [2.75, 3.05) is 33.4 Å². The Kier molecular flexibility index (Phi) is 5.01. The van der Waals surface area contributed by atoms with Gasteiger partial charge in [-0.05, 0) is 6.92 Å². The van der Waals surface area contributed by atoms with Gasteiger partial charge >= 0.3 is 0 Å². The number of methoxy groups -OCH3 is 1. The largest absolute Gasteiger partial charge is 0.377 e. The molecule has 0 aromatic heterocycles. The average Bonchev–Trinajstić information content (AvgIpc) is 2.62. The monoisotopic (exact) mass is 216 g/mol. The minimum atomic E-state index is -0.00771. The molecule has 2 N–H and O–H groups in total. The van der Waals surface area contributed by atoms with Crippen LogP contribution in [0, 0.1) is 0 Å². The Morgan fingerprint density at radius 1 is 1.47 bits per heavy atom. The molecule has 5 heteroatoms. The Balaban J connectivity index is 2.48. The predicted molar refractivity (Wildman–Crippen MR) is 56.5 cm³/mol. The molecule has 0 radical (unpaired) electrons. The molecule has 0 aliphatic carbocycles. The van der Waals surface area contributed by atoms with E-state index in [2.05, 4.69) is 0 Å². The molecule has 15 heavy (non-hydrogen) atoms. The van der Waals surface area contributed by atoms with E-state index in [1.807, 2.05) is 6.92 Å². The van der Waals surface area contributed by atoms with E-state index in [0.29, 0.717) is 32.7 Å². The van der Waals surface area contributed by atoms with Crippen LogP contribution in [-0.4, -0.2) is 56.4 Å². The number of carbonyl (C=O) groups excluding carboxylic acids is 1. The first kappa shape index (κ1) is 12.4. The van der Waals surface area contributed by atoms with E-state index in [9.17, 15) is 4.79 Å². The lowest BCUT2D eigenvalue weighted by Gasteiger charge is -2.15. The third-order valence-corrected chi connectivity index (χ3v) is 2.61. The first-order chi connectivity index (χ1) is 7.22. The standard InChI is InChI=1S/C10H20N2O3/c1-3-15-9-7-12(6-8(9)14-2)10(13)4-5-11/h8-9H,3-7,11H2,1-2H3/t8-,9-/m0/s1. The summed E-state index contributed by atoms with van der Waals surface area (Å²) in [7, 11) is 1.65. The van der Waals surface area contributed by atoms with Gasteiger partial charge in [0.15, 0.2) is 0 Å². The zero-order chi connectivity index (χ0) is 11.3. The van der Waals surface area contributed by atoms with Crippen LogP contribution in [0.5, 0.6) is 0 Å². The Morgan fingerprint density at radius 2 is 2.13 bits per heavy atom. The Hall–Kier alpha value is -0.650. The molecule has 1 fully saturated rings. The number of carbonyl (C=O) groups is 1. The van der Waals surface area contributed by atoms with Gasteiger partial charge in [0.2, 0.25) is 5.91 Å². The van der Waals surface area contributed by atoms with Crippen molar-refractivity contribution in [3.63, 3.8) is 0 Å². The molecule has 88 valence electrons. The molecule has 1 heterocycles. The van der Waals surface area contributed by atoms with Gasteiger partial charge in [0.1, 0.15) is 12.2 Å². The van der Waals surface area contributed by atoms with Gasteiger partial charge in [0, 0.05) is 39.8 Å². The maximum atomic E-state index is 11.6. The smallest absolute Gasteiger partial charge is 0.224 e. The second kappa shape index (κ2) is 6.05. The fourth-order valence-corrected chi connectivity index (χ4v) is 1.83. The lowest BCUT2D eigenvalue weighted by molar-refractivity contribution is -0.130. The first-order valence-electron chi connectivity index (χ1n) is 5.35. The van der Waals surface area contributed by atoms with Crippen molar-refractivity contribution in [3.05, 3.63) is 0 Å². The molecule has 0 bridgehead atoms. The van der Waals surface area contributed by atoms with Gasteiger partial charge in [-0.1, -0.05) is 0 Å². The topological polar surface area (TPSA) is 64.8 Å². The van der Waals surface area contributed by atoms with Crippen molar-refractivity contribution in [1.29, 1.82) is 0 Å². The van der Waals surface area contributed by atoms with Crippen LogP contribution < -0.4 is 5.73 Å². The predicted octanol–water partition coefficient (Wildman–Crippen LogP) is -0.402. The molecule has 1 aliphatic heterocycles. The van der Waals surface area contributed by atoms with E-state index in [1.54, 1.807) is 12.0 Å². The number of nitrogens with zero attached hydrogens (tertiary/aromatic N) is 1. The second-order valence-corrected chi connectivity index (χ2v) is 3.61. The highest BCUT2D eigenvalue weighted by atomic mass is 16.5. The highest BCUT2D eigenvalue weighted by Gasteiger charge is 2.35. The van der Waals surface area contributed by atoms with E-state index in [4.69, 9.17) is 15.2 Å². The van der Waals surface area contributed by atoms with Crippen LogP contribution in [0.4, 0.5) is 0 Å². The van der Waals surface area contributed by atoms with Gasteiger partial charge in [0.05, 0.1) is 0 Å². The fourth-order valence-electron chi connectivity index (χ4n) is 1.83. The van der Waals surface area contributed by atoms with Crippen LogP contribution >= 0.6 is 0 Å². The normalized spacial score (nSPS) is 25.9. The van der Waals surface area contributed by atoms with Gasteiger partial charge in [0.25, 0.3) is 0 Å². The summed E-state index contributed by atoms with van der Waals surface area (Å²) in [6.07, 6.45) is 0.392. The number of likely N-dealkylation sites (tertiary alicyclic amines) is 1. The third kappa shape index (κ3) is 3.15. The third-order valence-electron chi connectivity index (χ3n) is 2.61. The summed E-state index contributed by atoms with van der Waals surface area (Å²) < 4.78 is 10.8. The summed E-state index contributed by atoms with van der Waals surface area (Å²) in [6.45, 7) is 4.21. The van der Waals surface area contributed by atoms with Crippen molar-refractivity contribution in [2.24, 2.45) is 5.73 Å². The fraction of sp³-hybridized carbons (Fsp3) is 0.900. The van der Waals surface area contributed by atoms with Crippen LogP contribution in [0.1, 0.15) is 13.3 Å². The zero-order valence-corrected chi connectivity index (χ0v) is 9.44. The van der Waals surface area contributed by atoms with Crippen molar-refractivity contribution < 1.29 is 14.3 Å². The number of rotatable bonds is 5. The average molecular weight is 216 g/mol. The quantitative estimate of drug-likeness (QED) is 0.679. The number of hydrogen-bond donors (Lipinski definition) is 1. The molecule has 0 spiro atoms. The molecule has 1 amide bonds. The minimum absolute atomic E-state index is 0.00160. The van der Waals surface area contributed by atoms with Crippen LogP contribution in [0.2, 0.25) is 0 Å². The van der Waals surface area contributed by atoms with Crippen molar-refractivity contribution >= 4 is 5.91 Å². The molecule has 1 saturated heterocycles. The van der Waals surface area contributed by atoms with Crippen molar-refractivity contribution in [2.45, 2.75) is 25.6 Å². The van der Waals surface area contributed by atoms with Crippen LogP contribution in [0.25, 0.3) is 0 Å². The van der Waals surface area contributed by atoms with Crippen LogP contribution in [-0.2, 0) is 14.3 Å². The van der Waals surface area contributed by atoms with Crippen molar-refractivity contribution in [1.82, 2.24) is 4.90 Å². The minimum Gasteiger partial charge on any atom is -0.377 e. The maximum absolute atomic E-state index is 11.6.